The minimum atomic E-state index is 0.0980. The first-order valence-electron chi connectivity index (χ1n) is 6.99. The van der Waals surface area contributed by atoms with E-state index in [2.05, 4.69) is 17.4 Å². The number of benzene rings is 1. The van der Waals surface area contributed by atoms with Gasteiger partial charge in [0.05, 0.1) is 13.2 Å². The molecule has 1 N–H and O–H groups in total. The zero-order valence-electron chi connectivity index (χ0n) is 11.3. The fraction of sp³-hybridized carbons (Fsp3) is 0.533. The summed E-state index contributed by atoms with van der Waals surface area (Å²) in [6.07, 6.45) is 4.39. The Hall–Kier alpha value is -1.71. The van der Waals surface area contributed by atoms with E-state index in [0.29, 0.717) is 6.04 Å². The zero-order chi connectivity index (χ0) is 13.2. The maximum atomic E-state index is 12.2. The SMILES string of the molecule is COc1ccc(C2CCCN2C(=O)NC2CC2)cc1. The number of nitrogens with one attached hydrogen (secondary N) is 1. The van der Waals surface area contributed by atoms with Crippen LogP contribution in [0.3, 0.4) is 0 Å². The summed E-state index contributed by atoms with van der Waals surface area (Å²) in [7, 11) is 1.67. The molecular weight excluding hydrogens is 240 g/mol. The number of hydrogen-bond donors (Lipinski definition) is 1. The van der Waals surface area contributed by atoms with Crippen LogP contribution in [0, 0.1) is 0 Å². The number of ether oxygens (including phenoxy) is 1. The van der Waals surface area contributed by atoms with Gasteiger partial charge in [0.15, 0.2) is 0 Å². The third-order valence-electron chi connectivity index (χ3n) is 3.92. The van der Waals surface area contributed by atoms with Crippen LogP contribution in [0.15, 0.2) is 24.3 Å². The minimum absolute atomic E-state index is 0.0980. The number of nitrogens with zero attached hydrogens (tertiary/aromatic N) is 1. The van der Waals surface area contributed by atoms with Crippen molar-refractivity contribution in [1.29, 1.82) is 0 Å². The number of likely N-dealkylation sites (tertiary alicyclic amines) is 1. The molecule has 2 aliphatic rings. The summed E-state index contributed by atoms with van der Waals surface area (Å²) in [5.74, 6) is 0.857. The first kappa shape index (κ1) is 12.3. The van der Waals surface area contributed by atoms with Crippen molar-refractivity contribution >= 4 is 6.03 Å². The first-order chi connectivity index (χ1) is 9.28. The topological polar surface area (TPSA) is 41.6 Å². The second-order valence-electron chi connectivity index (χ2n) is 5.35. The van der Waals surface area contributed by atoms with E-state index in [1.54, 1.807) is 7.11 Å². The molecule has 4 nitrogen and oxygen atoms in total. The van der Waals surface area contributed by atoms with E-state index in [0.717, 1.165) is 38.0 Å². The third kappa shape index (κ3) is 2.67. The first-order valence-corrected chi connectivity index (χ1v) is 6.99. The molecule has 0 aromatic heterocycles. The van der Waals surface area contributed by atoms with Crippen molar-refractivity contribution in [2.45, 2.75) is 37.8 Å². The Morgan fingerprint density at radius 1 is 1.26 bits per heavy atom. The van der Waals surface area contributed by atoms with E-state index in [-0.39, 0.29) is 12.1 Å². The van der Waals surface area contributed by atoms with Gasteiger partial charge in [-0.15, -0.1) is 0 Å². The molecule has 1 saturated heterocycles. The molecule has 1 unspecified atom stereocenters. The lowest BCUT2D eigenvalue weighted by Gasteiger charge is -2.25. The van der Waals surface area contributed by atoms with Crippen LogP contribution in [0.4, 0.5) is 4.79 Å². The average Bonchev–Trinajstić information content (AvgIpc) is 3.11. The molecule has 2 amide bonds. The van der Waals surface area contributed by atoms with Gasteiger partial charge in [-0.2, -0.15) is 0 Å². The number of rotatable bonds is 3. The van der Waals surface area contributed by atoms with Crippen LogP contribution in [0.5, 0.6) is 5.75 Å². The van der Waals surface area contributed by atoms with Gasteiger partial charge in [0, 0.05) is 12.6 Å². The standard InChI is InChI=1S/C15H20N2O2/c1-19-13-8-4-11(5-9-13)14-3-2-10-17(14)15(18)16-12-6-7-12/h4-5,8-9,12,14H,2-3,6-7,10H2,1H3,(H,16,18). The molecule has 0 spiro atoms. The summed E-state index contributed by atoms with van der Waals surface area (Å²) >= 11 is 0. The van der Waals surface area contributed by atoms with Crippen molar-refractivity contribution < 1.29 is 9.53 Å². The van der Waals surface area contributed by atoms with E-state index < -0.39 is 0 Å². The molecule has 1 aliphatic heterocycles. The molecule has 3 rings (SSSR count). The van der Waals surface area contributed by atoms with Crippen molar-refractivity contribution in [2.24, 2.45) is 0 Å². The molecular formula is C15H20N2O2. The van der Waals surface area contributed by atoms with E-state index in [1.807, 2.05) is 17.0 Å². The maximum Gasteiger partial charge on any atom is 0.318 e. The number of carbonyl (C=O) groups is 1. The fourth-order valence-electron chi connectivity index (χ4n) is 2.67. The fourth-order valence-corrected chi connectivity index (χ4v) is 2.67. The minimum Gasteiger partial charge on any atom is -0.497 e. The van der Waals surface area contributed by atoms with E-state index >= 15 is 0 Å². The summed E-state index contributed by atoms with van der Waals surface area (Å²) in [5, 5.41) is 3.08. The lowest BCUT2D eigenvalue weighted by Crippen LogP contribution is -2.40. The normalized spacial score (nSPS) is 22.4. The van der Waals surface area contributed by atoms with E-state index in [1.165, 1.54) is 5.56 Å². The van der Waals surface area contributed by atoms with Crippen LogP contribution in [-0.4, -0.2) is 30.6 Å². The highest BCUT2D eigenvalue weighted by Gasteiger charge is 2.33. The number of amides is 2. The lowest BCUT2D eigenvalue weighted by molar-refractivity contribution is 0.192. The van der Waals surface area contributed by atoms with Crippen LogP contribution >= 0.6 is 0 Å². The summed E-state index contributed by atoms with van der Waals surface area (Å²) in [5.41, 5.74) is 1.20. The third-order valence-corrected chi connectivity index (χ3v) is 3.92. The number of urea groups is 1. The van der Waals surface area contributed by atoms with Crippen molar-refractivity contribution in [1.82, 2.24) is 10.2 Å². The molecule has 1 aliphatic carbocycles. The Balaban J connectivity index is 1.71. The van der Waals surface area contributed by atoms with Gasteiger partial charge in [-0.3, -0.25) is 0 Å². The molecule has 1 atom stereocenters. The number of carbonyl (C=O) groups excluding carboxylic acids is 1. The van der Waals surface area contributed by atoms with E-state index in [4.69, 9.17) is 4.74 Å². The molecule has 4 heteroatoms. The van der Waals surface area contributed by atoms with Crippen LogP contribution < -0.4 is 10.1 Å². The quantitative estimate of drug-likeness (QED) is 0.908. The molecule has 19 heavy (non-hydrogen) atoms. The van der Waals surface area contributed by atoms with Crippen LogP contribution in [0.2, 0.25) is 0 Å². The molecule has 2 fully saturated rings. The average molecular weight is 260 g/mol. The van der Waals surface area contributed by atoms with Crippen molar-refractivity contribution in [2.75, 3.05) is 13.7 Å². The largest absolute Gasteiger partial charge is 0.497 e. The van der Waals surface area contributed by atoms with Gasteiger partial charge in [-0.25, -0.2) is 4.79 Å². The predicted molar refractivity (Wildman–Crippen MR) is 73.2 cm³/mol. The second kappa shape index (κ2) is 5.11. The molecule has 1 saturated carbocycles. The van der Waals surface area contributed by atoms with Crippen molar-refractivity contribution in [3.05, 3.63) is 29.8 Å². The van der Waals surface area contributed by atoms with Crippen LogP contribution in [-0.2, 0) is 0 Å². The Kier molecular flexibility index (Phi) is 3.32. The lowest BCUT2D eigenvalue weighted by atomic mass is 10.0. The molecule has 102 valence electrons. The highest BCUT2D eigenvalue weighted by Crippen LogP contribution is 2.33. The monoisotopic (exact) mass is 260 g/mol. The number of methoxy groups -OCH3 is 1. The van der Waals surface area contributed by atoms with Gasteiger partial charge in [-0.1, -0.05) is 12.1 Å². The summed E-state index contributed by atoms with van der Waals surface area (Å²) in [4.78, 5) is 14.2. The highest BCUT2D eigenvalue weighted by molar-refractivity contribution is 5.75. The van der Waals surface area contributed by atoms with Crippen molar-refractivity contribution in [3.63, 3.8) is 0 Å². The van der Waals surface area contributed by atoms with E-state index in [9.17, 15) is 4.79 Å². The van der Waals surface area contributed by atoms with Gasteiger partial charge in [0.25, 0.3) is 0 Å². The van der Waals surface area contributed by atoms with Gasteiger partial charge in [-0.05, 0) is 43.4 Å². The van der Waals surface area contributed by atoms with Crippen molar-refractivity contribution in [3.8, 4) is 5.75 Å². The Morgan fingerprint density at radius 3 is 2.63 bits per heavy atom. The highest BCUT2D eigenvalue weighted by atomic mass is 16.5. The van der Waals surface area contributed by atoms with Crippen LogP contribution in [0.25, 0.3) is 0 Å². The molecule has 0 radical (unpaired) electrons. The maximum absolute atomic E-state index is 12.2. The predicted octanol–water partition coefficient (Wildman–Crippen LogP) is 2.70. The molecule has 1 heterocycles. The number of hydrogen-bond acceptors (Lipinski definition) is 2. The smallest absolute Gasteiger partial charge is 0.318 e. The molecule has 0 bridgehead atoms. The van der Waals surface area contributed by atoms with Gasteiger partial charge >= 0.3 is 6.03 Å². The summed E-state index contributed by atoms with van der Waals surface area (Å²) in [6.45, 7) is 0.856. The Labute approximate surface area is 113 Å². The van der Waals surface area contributed by atoms with Gasteiger partial charge in [0.1, 0.15) is 5.75 Å². The molecule has 1 aromatic rings. The Morgan fingerprint density at radius 2 is 2.00 bits per heavy atom. The second-order valence-corrected chi connectivity index (χ2v) is 5.35. The van der Waals surface area contributed by atoms with Crippen LogP contribution in [0.1, 0.15) is 37.3 Å². The Bertz CT molecular complexity index is 454. The molecule has 1 aromatic carbocycles. The van der Waals surface area contributed by atoms with Gasteiger partial charge in [0.2, 0.25) is 0 Å². The summed E-state index contributed by atoms with van der Waals surface area (Å²) in [6, 6.07) is 8.78. The summed E-state index contributed by atoms with van der Waals surface area (Å²) < 4.78 is 5.17. The van der Waals surface area contributed by atoms with Gasteiger partial charge < -0.3 is 15.0 Å². The zero-order valence-corrected chi connectivity index (χ0v) is 11.3.